The maximum Gasteiger partial charge on any atom is 0.225 e. The summed E-state index contributed by atoms with van der Waals surface area (Å²) in [5.74, 6) is 0.329. The Kier molecular flexibility index (Phi) is 7.89. The molecule has 5 rings (SSSR count). The number of aryl methyl sites for hydroxylation is 2. The summed E-state index contributed by atoms with van der Waals surface area (Å²) >= 11 is 2.95. The molecule has 2 heterocycles. The third kappa shape index (κ3) is 5.50. The molecule has 0 saturated heterocycles. The predicted octanol–water partition coefficient (Wildman–Crippen LogP) is 7.53. The number of nitriles is 2. The van der Waals surface area contributed by atoms with Gasteiger partial charge < -0.3 is 5.32 Å². The van der Waals surface area contributed by atoms with Crippen LogP contribution in [0.1, 0.15) is 46.4 Å². The van der Waals surface area contributed by atoms with Gasteiger partial charge in [0.25, 0.3) is 0 Å². The van der Waals surface area contributed by atoms with Crippen LogP contribution >= 0.6 is 23.1 Å². The topological polar surface area (TPSA) is 89.6 Å². The zero-order valence-corrected chi connectivity index (χ0v) is 22.7. The fourth-order valence-corrected chi connectivity index (χ4v) is 6.85. The van der Waals surface area contributed by atoms with Crippen molar-refractivity contribution in [2.45, 2.75) is 44.1 Å². The van der Waals surface area contributed by atoms with Crippen molar-refractivity contribution >= 4 is 34.0 Å². The van der Waals surface area contributed by atoms with Crippen LogP contribution < -0.4 is 5.32 Å². The second-order valence-corrected chi connectivity index (χ2v) is 11.4. The third-order valence-corrected chi connectivity index (χ3v) is 8.82. The Labute approximate surface area is 231 Å². The largest absolute Gasteiger partial charge is 0.317 e. The number of rotatable bonds is 7. The zero-order valence-electron chi connectivity index (χ0n) is 21.1. The van der Waals surface area contributed by atoms with E-state index in [0.717, 1.165) is 59.2 Å². The van der Waals surface area contributed by atoms with Gasteiger partial charge in [0.05, 0.1) is 16.8 Å². The maximum atomic E-state index is 12.8. The van der Waals surface area contributed by atoms with E-state index in [1.165, 1.54) is 28.0 Å². The first-order valence-electron chi connectivity index (χ1n) is 12.6. The van der Waals surface area contributed by atoms with Crippen LogP contribution in [-0.2, 0) is 17.6 Å². The number of carbonyl (C=O) groups excluding carboxylic acids is 1. The van der Waals surface area contributed by atoms with E-state index in [-0.39, 0.29) is 12.3 Å². The number of thioether (sulfide) groups is 1. The number of aromatic nitrogens is 1. The second-order valence-electron chi connectivity index (χ2n) is 9.25. The first kappa shape index (κ1) is 25.7. The zero-order chi connectivity index (χ0) is 26.5. The number of carbonyl (C=O) groups is 1. The molecule has 4 aromatic rings. The molecule has 188 valence electrons. The van der Waals surface area contributed by atoms with Crippen LogP contribution in [0.4, 0.5) is 5.00 Å². The lowest BCUT2D eigenvalue weighted by molar-refractivity contribution is -0.115. The number of fused-ring (bicyclic) bond motifs is 1. The van der Waals surface area contributed by atoms with Crippen molar-refractivity contribution in [3.8, 4) is 34.5 Å². The van der Waals surface area contributed by atoms with E-state index in [4.69, 9.17) is 4.98 Å². The fourth-order valence-electron chi connectivity index (χ4n) is 4.65. The first-order chi connectivity index (χ1) is 18.6. The molecule has 0 bridgehead atoms. The molecule has 5 nitrogen and oxygen atoms in total. The van der Waals surface area contributed by atoms with Crippen LogP contribution in [0.3, 0.4) is 0 Å². The Hall–Kier alpha value is -3.91. The molecule has 7 heteroatoms. The van der Waals surface area contributed by atoms with E-state index >= 15 is 0 Å². The minimum absolute atomic E-state index is 0.135. The first-order valence-corrected chi connectivity index (χ1v) is 14.4. The summed E-state index contributed by atoms with van der Waals surface area (Å²) in [6.45, 7) is 2.04. The number of nitrogens with one attached hydrogen (secondary N) is 1. The summed E-state index contributed by atoms with van der Waals surface area (Å²) in [5.41, 5.74) is 6.93. The quantitative estimate of drug-likeness (QED) is 0.248. The van der Waals surface area contributed by atoms with Crippen LogP contribution in [0.2, 0.25) is 0 Å². The molecule has 0 aliphatic heterocycles. The molecular formula is C31H26N4OS2. The van der Waals surface area contributed by atoms with Gasteiger partial charge in [0.15, 0.2) is 0 Å². The Morgan fingerprint density at radius 3 is 2.47 bits per heavy atom. The highest BCUT2D eigenvalue weighted by atomic mass is 32.2. The molecule has 2 aromatic carbocycles. The lowest BCUT2D eigenvalue weighted by atomic mass is 9.96. The summed E-state index contributed by atoms with van der Waals surface area (Å²) in [5, 5.41) is 24.0. The number of benzene rings is 2. The van der Waals surface area contributed by atoms with E-state index in [9.17, 15) is 15.3 Å². The van der Waals surface area contributed by atoms with Gasteiger partial charge in [-0.2, -0.15) is 10.5 Å². The number of thiophene rings is 1. The summed E-state index contributed by atoms with van der Waals surface area (Å²) in [7, 11) is 0. The highest BCUT2D eigenvalue weighted by Gasteiger charge is 2.22. The average Bonchev–Trinajstić information content (AvgIpc) is 3.30. The van der Waals surface area contributed by atoms with Crippen molar-refractivity contribution in [1.29, 1.82) is 10.5 Å². The summed E-state index contributed by atoms with van der Waals surface area (Å²) in [6, 6.07) is 24.6. The van der Waals surface area contributed by atoms with Gasteiger partial charge in [-0.3, -0.25) is 4.79 Å². The number of hydrogen-bond donors (Lipinski definition) is 1. The van der Waals surface area contributed by atoms with Crippen molar-refractivity contribution < 1.29 is 4.79 Å². The van der Waals surface area contributed by atoms with Crippen LogP contribution in [0.15, 0.2) is 65.7 Å². The van der Waals surface area contributed by atoms with E-state index in [0.29, 0.717) is 26.9 Å². The van der Waals surface area contributed by atoms with Gasteiger partial charge in [-0.15, -0.1) is 23.1 Å². The van der Waals surface area contributed by atoms with E-state index in [2.05, 4.69) is 17.5 Å². The van der Waals surface area contributed by atoms with Gasteiger partial charge >= 0.3 is 0 Å². The highest BCUT2D eigenvalue weighted by molar-refractivity contribution is 7.99. The monoisotopic (exact) mass is 534 g/mol. The number of anilines is 1. The molecule has 0 fully saturated rings. The van der Waals surface area contributed by atoms with Crippen molar-refractivity contribution in [3.05, 3.63) is 87.8 Å². The number of amides is 1. The molecule has 0 spiro atoms. The van der Waals surface area contributed by atoms with Crippen LogP contribution in [-0.4, -0.2) is 16.6 Å². The smallest absolute Gasteiger partial charge is 0.225 e. The Bertz CT molecular complexity index is 1560. The highest BCUT2D eigenvalue weighted by Crippen LogP contribution is 2.38. The summed E-state index contributed by atoms with van der Waals surface area (Å²) in [6.07, 6.45) is 4.35. The van der Waals surface area contributed by atoms with Gasteiger partial charge in [-0.25, -0.2) is 4.98 Å². The lowest BCUT2D eigenvalue weighted by Crippen LogP contribution is -2.12. The normalized spacial score (nSPS) is 12.3. The minimum atomic E-state index is -0.135. The second kappa shape index (κ2) is 11.6. The SMILES string of the molecule is Cc1ccc(-c2cc(-c3ccccc3)nc(SCCC(=O)Nc3sc4c(c3C#N)CCCC4)c2C#N)cc1. The Morgan fingerprint density at radius 1 is 1.00 bits per heavy atom. The van der Waals surface area contributed by atoms with Crippen molar-refractivity contribution in [1.82, 2.24) is 4.98 Å². The number of hydrogen-bond acceptors (Lipinski definition) is 6. The lowest BCUT2D eigenvalue weighted by Gasteiger charge is -2.13. The van der Waals surface area contributed by atoms with Gasteiger partial charge in [0.1, 0.15) is 22.2 Å². The Morgan fingerprint density at radius 2 is 1.74 bits per heavy atom. The molecule has 2 aromatic heterocycles. The molecule has 0 unspecified atom stereocenters. The third-order valence-electron chi connectivity index (χ3n) is 6.63. The van der Waals surface area contributed by atoms with Crippen molar-refractivity contribution in [3.63, 3.8) is 0 Å². The fraction of sp³-hybridized carbons (Fsp3) is 0.226. The summed E-state index contributed by atoms with van der Waals surface area (Å²) in [4.78, 5) is 18.9. The standard InChI is InChI=1S/C31H26N4OS2/c1-20-11-13-21(14-12-20)24-17-27(22-7-3-2-4-8-22)34-30(26(24)19-33)37-16-15-29(36)35-31-25(18-32)23-9-5-6-10-28(23)38-31/h2-4,7-8,11-14,17H,5-6,9-10,15-16H2,1H3,(H,35,36). The average molecular weight is 535 g/mol. The molecule has 0 atom stereocenters. The van der Waals surface area contributed by atoms with E-state index in [1.54, 1.807) is 0 Å². The van der Waals surface area contributed by atoms with Gasteiger partial charge in [-0.1, -0.05) is 60.2 Å². The van der Waals surface area contributed by atoms with Crippen LogP contribution in [0, 0.1) is 29.6 Å². The number of nitrogens with zero attached hydrogens (tertiary/aromatic N) is 3. The Balaban J connectivity index is 1.37. The van der Waals surface area contributed by atoms with Crippen molar-refractivity contribution in [2.24, 2.45) is 0 Å². The maximum absolute atomic E-state index is 12.8. The minimum Gasteiger partial charge on any atom is -0.317 e. The van der Waals surface area contributed by atoms with Gasteiger partial charge in [0.2, 0.25) is 5.91 Å². The van der Waals surface area contributed by atoms with Gasteiger partial charge in [0, 0.05) is 28.2 Å². The van der Waals surface area contributed by atoms with Crippen LogP contribution in [0.25, 0.3) is 22.4 Å². The molecule has 0 radical (unpaired) electrons. The molecule has 1 aliphatic carbocycles. The summed E-state index contributed by atoms with van der Waals surface area (Å²) < 4.78 is 0. The molecule has 1 amide bonds. The molecular weight excluding hydrogens is 509 g/mol. The van der Waals surface area contributed by atoms with E-state index < -0.39 is 0 Å². The van der Waals surface area contributed by atoms with Crippen molar-refractivity contribution in [2.75, 3.05) is 11.1 Å². The predicted molar refractivity (Wildman–Crippen MR) is 154 cm³/mol. The molecule has 1 N–H and O–H groups in total. The number of pyridine rings is 1. The molecule has 1 aliphatic rings. The molecule has 38 heavy (non-hydrogen) atoms. The van der Waals surface area contributed by atoms with E-state index in [1.807, 2.05) is 67.6 Å². The molecule has 0 saturated carbocycles. The van der Waals surface area contributed by atoms with Gasteiger partial charge in [-0.05, 0) is 49.8 Å². The van der Waals surface area contributed by atoms with Crippen LogP contribution in [0.5, 0.6) is 0 Å².